The zero-order valence-corrected chi connectivity index (χ0v) is 16.4. The van der Waals surface area contributed by atoms with Crippen LogP contribution in [-0.2, 0) is 14.3 Å². The molecule has 1 aliphatic heterocycles. The van der Waals surface area contributed by atoms with E-state index in [9.17, 15) is 9.59 Å². The molecule has 1 atom stereocenters. The number of esters is 1. The third-order valence-corrected chi connectivity index (χ3v) is 5.05. The van der Waals surface area contributed by atoms with Gasteiger partial charge in [-0.25, -0.2) is 4.79 Å². The van der Waals surface area contributed by atoms with Crippen molar-refractivity contribution < 1.29 is 23.8 Å². The minimum absolute atomic E-state index is 0.188. The lowest BCUT2D eigenvalue weighted by atomic mass is 10.1. The first-order valence-corrected chi connectivity index (χ1v) is 10.2. The van der Waals surface area contributed by atoms with Gasteiger partial charge in [-0.3, -0.25) is 4.79 Å². The molecule has 2 aliphatic rings. The second-order valence-electron chi connectivity index (χ2n) is 7.37. The van der Waals surface area contributed by atoms with Crippen molar-refractivity contribution in [3.8, 4) is 11.5 Å². The average Bonchev–Trinajstić information content (AvgIpc) is 3.08. The molecule has 1 amide bonds. The Morgan fingerprint density at radius 3 is 2.54 bits per heavy atom. The molecule has 3 rings (SSSR count). The second-order valence-corrected chi connectivity index (χ2v) is 7.37. The van der Waals surface area contributed by atoms with Gasteiger partial charge in [0.05, 0.1) is 13.2 Å². The van der Waals surface area contributed by atoms with Gasteiger partial charge in [0.2, 0.25) is 0 Å². The van der Waals surface area contributed by atoms with Crippen LogP contribution < -0.4 is 14.8 Å². The van der Waals surface area contributed by atoms with Crippen LogP contribution in [0.3, 0.4) is 0 Å². The lowest BCUT2D eigenvalue weighted by Gasteiger charge is -2.19. The van der Waals surface area contributed by atoms with E-state index in [0.717, 1.165) is 37.7 Å². The van der Waals surface area contributed by atoms with E-state index >= 15 is 0 Å². The van der Waals surface area contributed by atoms with Crippen LogP contribution in [0.15, 0.2) is 24.3 Å². The highest BCUT2D eigenvalue weighted by Gasteiger charge is 2.21. The quantitative estimate of drug-likeness (QED) is 0.474. The topological polar surface area (TPSA) is 73.9 Å². The number of ether oxygens (including phenoxy) is 3. The summed E-state index contributed by atoms with van der Waals surface area (Å²) in [4.78, 5) is 24.4. The first kappa shape index (κ1) is 20.2. The summed E-state index contributed by atoms with van der Waals surface area (Å²) in [6.07, 6.45) is 9.71. The fraction of sp³-hybridized carbons (Fsp3) is 0.545. The number of fused-ring (bicyclic) bond motifs is 1. The van der Waals surface area contributed by atoms with Gasteiger partial charge >= 0.3 is 5.97 Å². The van der Waals surface area contributed by atoms with Crippen LogP contribution in [-0.4, -0.2) is 37.2 Å². The van der Waals surface area contributed by atoms with Crippen molar-refractivity contribution in [1.29, 1.82) is 0 Å². The molecule has 0 spiro atoms. The molecule has 0 radical (unpaired) electrons. The maximum absolute atomic E-state index is 12.3. The summed E-state index contributed by atoms with van der Waals surface area (Å²) in [5.74, 6) is 0.602. The van der Waals surface area contributed by atoms with Gasteiger partial charge in [0, 0.05) is 18.5 Å². The molecular formula is C22H29NO5. The van der Waals surface area contributed by atoms with Crippen LogP contribution in [0.25, 0.3) is 6.08 Å². The van der Waals surface area contributed by atoms with E-state index in [2.05, 4.69) is 5.32 Å². The summed E-state index contributed by atoms with van der Waals surface area (Å²) in [5, 5.41) is 3.01. The third kappa shape index (κ3) is 6.01. The second kappa shape index (κ2) is 10.2. The Morgan fingerprint density at radius 1 is 1.07 bits per heavy atom. The number of amides is 1. The normalized spacial score (nSPS) is 18.8. The molecule has 6 heteroatoms. The molecule has 0 aromatic heterocycles. The first-order chi connectivity index (χ1) is 13.6. The van der Waals surface area contributed by atoms with E-state index in [-0.39, 0.29) is 11.9 Å². The number of nitrogens with one attached hydrogen (secondary N) is 1. The van der Waals surface area contributed by atoms with E-state index in [1.165, 1.54) is 18.9 Å². The number of carbonyl (C=O) groups excluding carboxylic acids is 2. The van der Waals surface area contributed by atoms with Crippen molar-refractivity contribution in [1.82, 2.24) is 5.32 Å². The van der Waals surface area contributed by atoms with Crippen LogP contribution in [0.2, 0.25) is 0 Å². The van der Waals surface area contributed by atoms with Crippen LogP contribution in [0, 0.1) is 0 Å². The standard InChI is InChI=1S/C22H29NO5/c1-16(22(25)23-18-7-4-2-3-5-8-18)28-21(24)12-10-17-9-11-19-20(15-17)27-14-6-13-26-19/h9-12,15-16,18H,2-8,13-14H2,1H3,(H,23,25)/b12-10+/t16-/m0/s1. The lowest BCUT2D eigenvalue weighted by Crippen LogP contribution is -2.41. The maximum atomic E-state index is 12.3. The highest BCUT2D eigenvalue weighted by molar-refractivity contribution is 5.90. The number of carbonyl (C=O) groups is 2. The lowest BCUT2D eigenvalue weighted by molar-refractivity contribution is -0.150. The molecule has 0 unspecified atom stereocenters. The molecule has 1 aliphatic carbocycles. The van der Waals surface area contributed by atoms with Crippen molar-refractivity contribution in [2.75, 3.05) is 13.2 Å². The fourth-order valence-electron chi connectivity index (χ4n) is 3.46. The Hall–Kier alpha value is -2.50. The Kier molecular flexibility index (Phi) is 7.34. The molecule has 1 N–H and O–H groups in total. The van der Waals surface area contributed by atoms with Gasteiger partial charge in [-0.15, -0.1) is 0 Å². The molecule has 1 fully saturated rings. The van der Waals surface area contributed by atoms with E-state index in [0.29, 0.717) is 24.7 Å². The molecule has 152 valence electrons. The number of rotatable bonds is 5. The molecule has 1 aromatic rings. The largest absolute Gasteiger partial charge is 0.490 e. The molecule has 0 bridgehead atoms. The summed E-state index contributed by atoms with van der Waals surface area (Å²) in [5.41, 5.74) is 0.803. The predicted octanol–water partition coefficient (Wildman–Crippen LogP) is 3.63. The minimum atomic E-state index is -0.816. The van der Waals surface area contributed by atoms with Gasteiger partial charge in [-0.2, -0.15) is 0 Å². The number of hydrogen-bond donors (Lipinski definition) is 1. The fourth-order valence-corrected chi connectivity index (χ4v) is 3.46. The van der Waals surface area contributed by atoms with Crippen LogP contribution >= 0.6 is 0 Å². The monoisotopic (exact) mass is 387 g/mol. The van der Waals surface area contributed by atoms with E-state index < -0.39 is 12.1 Å². The summed E-state index contributed by atoms with van der Waals surface area (Å²) >= 11 is 0. The zero-order chi connectivity index (χ0) is 19.8. The van der Waals surface area contributed by atoms with Crippen molar-refractivity contribution in [3.63, 3.8) is 0 Å². The molecule has 6 nitrogen and oxygen atoms in total. The molecule has 1 aromatic carbocycles. The zero-order valence-electron chi connectivity index (χ0n) is 16.4. The van der Waals surface area contributed by atoms with E-state index in [4.69, 9.17) is 14.2 Å². The number of hydrogen-bond acceptors (Lipinski definition) is 5. The average molecular weight is 387 g/mol. The van der Waals surface area contributed by atoms with E-state index in [1.54, 1.807) is 13.0 Å². The first-order valence-electron chi connectivity index (χ1n) is 10.2. The van der Waals surface area contributed by atoms with Gasteiger partial charge in [-0.05, 0) is 43.5 Å². The smallest absolute Gasteiger partial charge is 0.331 e. The van der Waals surface area contributed by atoms with Gasteiger partial charge < -0.3 is 19.5 Å². The summed E-state index contributed by atoms with van der Waals surface area (Å²) in [6, 6.07) is 5.69. The summed E-state index contributed by atoms with van der Waals surface area (Å²) in [6.45, 7) is 2.84. The Morgan fingerprint density at radius 2 is 1.79 bits per heavy atom. The van der Waals surface area contributed by atoms with Crippen LogP contribution in [0.4, 0.5) is 0 Å². The maximum Gasteiger partial charge on any atom is 0.331 e. The molecule has 1 saturated carbocycles. The van der Waals surface area contributed by atoms with Crippen molar-refractivity contribution in [2.24, 2.45) is 0 Å². The molecule has 28 heavy (non-hydrogen) atoms. The van der Waals surface area contributed by atoms with Gasteiger partial charge in [-0.1, -0.05) is 31.7 Å². The van der Waals surface area contributed by atoms with Crippen molar-refractivity contribution >= 4 is 18.0 Å². The summed E-state index contributed by atoms with van der Waals surface area (Å²) < 4.78 is 16.5. The van der Waals surface area contributed by atoms with Crippen molar-refractivity contribution in [2.45, 2.75) is 64.0 Å². The predicted molar refractivity (Wildman–Crippen MR) is 106 cm³/mol. The van der Waals surface area contributed by atoms with Gasteiger partial charge in [0.15, 0.2) is 17.6 Å². The highest BCUT2D eigenvalue weighted by Crippen LogP contribution is 2.30. The minimum Gasteiger partial charge on any atom is -0.490 e. The highest BCUT2D eigenvalue weighted by atomic mass is 16.5. The van der Waals surface area contributed by atoms with Gasteiger partial charge in [0.25, 0.3) is 5.91 Å². The van der Waals surface area contributed by atoms with Gasteiger partial charge in [0.1, 0.15) is 0 Å². The van der Waals surface area contributed by atoms with Crippen LogP contribution in [0.5, 0.6) is 11.5 Å². The Labute approximate surface area is 166 Å². The molecule has 1 heterocycles. The summed E-state index contributed by atoms with van der Waals surface area (Å²) in [7, 11) is 0. The number of benzene rings is 1. The SMILES string of the molecule is C[C@H](OC(=O)/C=C/c1ccc2c(c1)OCCCO2)C(=O)NC1CCCCCC1. The Balaban J connectivity index is 1.50. The Bertz CT molecular complexity index is 707. The van der Waals surface area contributed by atoms with Crippen molar-refractivity contribution in [3.05, 3.63) is 29.8 Å². The molecule has 0 saturated heterocycles. The van der Waals surface area contributed by atoms with E-state index in [1.807, 2.05) is 18.2 Å². The third-order valence-electron chi connectivity index (χ3n) is 5.05. The molecular weight excluding hydrogens is 358 g/mol. The van der Waals surface area contributed by atoms with Crippen LogP contribution in [0.1, 0.15) is 57.4 Å².